The molecule has 1 aromatic carbocycles. The summed E-state index contributed by atoms with van der Waals surface area (Å²) in [6.07, 6.45) is 2.97. The number of nitrogens with one attached hydrogen (secondary N) is 3. The van der Waals surface area contributed by atoms with Crippen molar-refractivity contribution < 1.29 is 19.1 Å². The maximum Gasteiger partial charge on any atom is 0.319 e. The van der Waals surface area contributed by atoms with E-state index in [1.54, 1.807) is 25.1 Å². The van der Waals surface area contributed by atoms with Crippen LogP contribution in [0.2, 0.25) is 0 Å². The number of ether oxygens (including phenoxy) is 2. The fraction of sp³-hybridized carbons (Fsp3) is 0.600. The van der Waals surface area contributed by atoms with E-state index in [2.05, 4.69) is 20.9 Å². The van der Waals surface area contributed by atoms with Crippen LogP contribution in [0.15, 0.2) is 18.2 Å². The summed E-state index contributed by atoms with van der Waals surface area (Å²) in [4.78, 5) is 26.7. The number of carbonyl (C=O) groups excluding carboxylic acids is 2. The number of carbonyl (C=O) groups is 2. The van der Waals surface area contributed by atoms with Crippen LogP contribution in [-0.2, 0) is 9.53 Å². The van der Waals surface area contributed by atoms with E-state index in [0.29, 0.717) is 35.6 Å². The van der Waals surface area contributed by atoms with Crippen LogP contribution in [0, 0.1) is 5.92 Å². The smallest absolute Gasteiger partial charge is 0.319 e. The predicted molar refractivity (Wildman–Crippen MR) is 106 cm³/mol. The Morgan fingerprint density at radius 3 is 2.93 bits per heavy atom. The third kappa shape index (κ3) is 4.23. The Balaban J connectivity index is 1.34. The van der Waals surface area contributed by atoms with Gasteiger partial charge in [0, 0.05) is 30.8 Å². The molecule has 3 aliphatic rings. The average molecular weight is 388 g/mol. The summed E-state index contributed by atoms with van der Waals surface area (Å²) in [5, 5.41) is 8.65. The van der Waals surface area contributed by atoms with Gasteiger partial charge in [0.15, 0.2) is 6.10 Å². The molecule has 0 spiro atoms. The van der Waals surface area contributed by atoms with Gasteiger partial charge in [-0.1, -0.05) is 0 Å². The quantitative estimate of drug-likeness (QED) is 0.718. The number of hydrogen-bond donors (Lipinski definition) is 3. The van der Waals surface area contributed by atoms with Crippen LogP contribution in [0.1, 0.15) is 26.2 Å². The number of fused-ring (bicyclic) bond motifs is 1. The van der Waals surface area contributed by atoms with Crippen LogP contribution >= 0.6 is 0 Å². The molecule has 0 unspecified atom stereocenters. The lowest BCUT2D eigenvalue weighted by Gasteiger charge is -2.32. The van der Waals surface area contributed by atoms with Gasteiger partial charge in [0.25, 0.3) is 5.91 Å². The summed E-state index contributed by atoms with van der Waals surface area (Å²) in [6, 6.07) is 5.30. The maximum absolute atomic E-state index is 12.4. The van der Waals surface area contributed by atoms with Crippen molar-refractivity contribution in [1.29, 1.82) is 0 Å². The summed E-state index contributed by atoms with van der Waals surface area (Å²) in [5.41, 5.74) is 1.18. The zero-order chi connectivity index (χ0) is 19.5. The largest absolute Gasteiger partial charge is 0.479 e. The second-order valence-corrected chi connectivity index (χ2v) is 7.73. The first-order valence-corrected chi connectivity index (χ1v) is 10.1. The van der Waals surface area contributed by atoms with Crippen molar-refractivity contribution in [2.45, 2.75) is 38.3 Å². The fourth-order valence-electron chi connectivity index (χ4n) is 4.18. The van der Waals surface area contributed by atoms with Crippen molar-refractivity contribution >= 4 is 23.3 Å². The molecular formula is C20H28N4O4. The third-order valence-electron chi connectivity index (χ3n) is 5.76. The maximum atomic E-state index is 12.4. The average Bonchev–Trinajstić information content (AvgIpc) is 3.38. The number of hydrogen-bond acceptors (Lipinski definition) is 5. The Bertz CT molecular complexity index is 713. The second kappa shape index (κ2) is 8.36. The number of amides is 3. The molecule has 3 atom stereocenters. The number of likely N-dealkylation sites (tertiary alicyclic amines) is 1. The SMILES string of the molecule is C[C@@H]1Oc2ccc(NC(=O)NC[C@H]([C@@H]3CCOC3)N3CCCC3)cc2NC1=O. The molecule has 0 bridgehead atoms. The molecule has 3 amide bonds. The zero-order valence-electron chi connectivity index (χ0n) is 16.2. The van der Waals surface area contributed by atoms with Crippen LogP contribution < -0.4 is 20.7 Å². The van der Waals surface area contributed by atoms with Crippen LogP contribution in [0.25, 0.3) is 0 Å². The molecule has 8 heteroatoms. The van der Waals surface area contributed by atoms with Crippen LogP contribution in [0.4, 0.5) is 16.2 Å². The lowest BCUT2D eigenvalue weighted by Crippen LogP contribution is -2.48. The van der Waals surface area contributed by atoms with Crippen LogP contribution in [-0.4, -0.2) is 61.8 Å². The standard InChI is InChI=1S/C20H28N4O4/c1-13-19(25)23-16-10-15(4-5-18(16)28-13)22-20(26)21-11-17(14-6-9-27-12-14)24-7-2-3-8-24/h4-5,10,13-14,17H,2-3,6-9,11-12H2,1H3,(H,23,25)(H2,21,22,26)/t13-,14+,17+/m0/s1. The third-order valence-corrected chi connectivity index (χ3v) is 5.76. The van der Waals surface area contributed by atoms with Crippen molar-refractivity contribution in [3.05, 3.63) is 18.2 Å². The normalized spacial score (nSPS) is 25.5. The van der Waals surface area contributed by atoms with Gasteiger partial charge in [-0.25, -0.2) is 4.79 Å². The lowest BCUT2D eigenvalue weighted by molar-refractivity contribution is -0.122. The first-order chi connectivity index (χ1) is 13.6. The van der Waals surface area contributed by atoms with E-state index in [4.69, 9.17) is 9.47 Å². The van der Waals surface area contributed by atoms with Gasteiger partial charge in [-0.05, 0) is 57.5 Å². The Kier molecular flexibility index (Phi) is 5.68. The monoisotopic (exact) mass is 388 g/mol. The Labute approximate surface area is 164 Å². The Morgan fingerprint density at radius 1 is 1.36 bits per heavy atom. The topological polar surface area (TPSA) is 91.9 Å². The van der Waals surface area contributed by atoms with Crippen molar-refractivity contribution in [2.24, 2.45) is 5.92 Å². The number of anilines is 2. The molecule has 2 fully saturated rings. The summed E-state index contributed by atoms with van der Waals surface area (Å²) in [6.45, 7) is 6.06. The van der Waals surface area contributed by atoms with E-state index in [1.807, 2.05) is 0 Å². The molecule has 0 aromatic heterocycles. The molecule has 3 N–H and O–H groups in total. The summed E-state index contributed by atoms with van der Waals surface area (Å²) in [5.74, 6) is 0.881. The van der Waals surface area contributed by atoms with Gasteiger partial charge in [0.05, 0.1) is 12.3 Å². The molecule has 1 aromatic rings. The first kappa shape index (κ1) is 19.0. The van der Waals surface area contributed by atoms with Gasteiger partial charge in [0.1, 0.15) is 5.75 Å². The molecule has 8 nitrogen and oxygen atoms in total. The minimum Gasteiger partial charge on any atom is -0.479 e. The molecule has 4 rings (SSSR count). The van der Waals surface area contributed by atoms with Crippen molar-refractivity contribution in [3.63, 3.8) is 0 Å². The molecule has 0 saturated carbocycles. The summed E-state index contributed by atoms with van der Waals surface area (Å²) in [7, 11) is 0. The highest BCUT2D eigenvalue weighted by Crippen LogP contribution is 2.32. The highest BCUT2D eigenvalue weighted by Gasteiger charge is 2.32. The number of urea groups is 1. The molecule has 0 radical (unpaired) electrons. The van der Waals surface area contributed by atoms with Crippen LogP contribution in [0.3, 0.4) is 0 Å². The van der Waals surface area contributed by atoms with Crippen LogP contribution in [0.5, 0.6) is 5.75 Å². The van der Waals surface area contributed by atoms with E-state index in [0.717, 1.165) is 32.7 Å². The summed E-state index contributed by atoms with van der Waals surface area (Å²) < 4.78 is 11.1. The number of nitrogens with zero attached hydrogens (tertiary/aromatic N) is 1. The molecule has 3 aliphatic heterocycles. The Hall–Kier alpha value is -2.32. The molecule has 3 heterocycles. The van der Waals surface area contributed by atoms with Gasteiger partial charge in [-0.2, -0.15) is 0 Å². The van der Waals surface area contributed by atoms with Gasteiger partial charge in [0.2, 0.25) is 0 Å². The molecule has 0 aliphatic carbocycles. The number of rotatable bonds is 5. The van der Waals surface area contributed by atoms with E-state index >= 15 is 0 Å². The van der Waals surface area contributed by atoms with E-state index in [1.165, 1.54) is 12.8 Å². The highest BCUT2D eigenvalue weighted by atomic mass is 16.5. The molecule has 152 valence electrons. The van der Waals surface area contributed by atoms with Crippen molar-refractivity contribution in [3.8, 4) is 5.75 Å². The minimum atomic E-state index is -0.517. The zero-order valence-corrected chi connectivity index (χ0v) is 16.2. The van der Waals surface area contributed by atoms with Gasteiger partial charge in [-0.3, -0.25) is 9.69 Å². The molecule has 2 saturated heterocycles. The van der Waals surface area contributed by atoms with Crippen molar-refractivity contribution in [2.75, 3.05) is 43.5 Å². The summed E-state index contributed by atoms with van der Waals surface area (Å²) >= 11 is 0. The fourth-order valence-corrected chi connectivity index (χ4v) is 4.18. The van der Waals surface area contributed by atoms with Gasteiger partial charge in [-0.15, -0.1) is 0 Å². The lowest BCUT2D eigenvalue weighted by atomic mass is 9.97. The molecule has 28 heavy (non-hydrogen) atoms. The van der Waals surface area contributed by atoms with Gasteiger partial charge >= 0.3 is 6.03 Å². The highest BCUT2D eigenvalue weighted by molar-refractivity contribution is 5.99. The minimum absolute atomic E-state index is 0.193. The second-order valence-electron chi connectivity index (χ2n) is 7.73. The van der Waals surface area contributed by atoms with E-state index < -0.39 is 6.10 Å². The number of benzene rings is 1. The first-order valence-electron chi connectivity index (χ1n) is 10.1. The predicted octanol–water partition coefficient (Wildman–Crippen LogP) is 2.03. The molecular weight excluding hydrogens is 360 g/mol. The van der Waals surface area contributed by atoms with Gasteiger partial charge < -0.3 is 25.4 Å². The van der Waals surface area contributed by atoms with E-state index in [9.17, 15) is 9.59 Å². The van der Waals surface area contributed by atoms with Crippen molar-refractivity contribution in [1.82, 2.24) is 10.2 Å². The Morgan fingerprint density at radius 2 is 2.18 bits per heavy atom. The van der Waals surface area contributed by atoms with E-state index in [-0.39, 0.29) is 11.9 Å².